The van der Waals surface area contributed by atoms with Gasteiger partial charge < -0.3 is 10.3 Å². The van der Waals surface area contributed by atoms with Crippen LogP contribution in [0.15, 0.2) is 65.8 Å². The van der Waals surface area contributed by atoms with E-state index in [1.165, 1.54) is 15.6 Å². The van der Waals surface area contributed by atoms with Crippen LogP contribution < -0.4 is 21.2 Å². The molecular formula is C24H24N8O3. The first-order valence-corrected chi connectivity index (χ1v) is 11.1. The van der Waals surface area contributed by atoms with E-state index in [4.69, 9.17) is 5.73 Å². The molecule has 2 aromatic carbocycles. The highest BCUT2D eigenvalue weighted by atomic mass is 16.2. The van der Waals surface area contributed by atoms with Crippen LogP contribution in [0.1, 0.15) is 17.3 Å². The van der Waals surface area contributed by atoms with Crippen molar-refractivity contribution in [1.29, 1.82) is 0 Å². The highest BCUT2D eigenvalue weighted by Gasteiger charge is 2.34. The van der Waals surface area contributed by atoms with E-state index in [1.807, 2.05) is 35.8 Å². The van der Waals surface area contributed by atoms with Crippen molar-refractivity contribution in [3.8, 4) is 16.9 Å². The molecule has 35 heavy (non-hydrogen) atoms. The number of rotatable bonds is 6. The van der Waals surface area contributed by atoms with Gasteiger partial charge in [0.05, 0.1) is 17.6 Å². The summed E-state index contributed by atoms with van der Waals surface area (Å²) in [6, 6.07) is 14.0. The van der Waals surface area contributed by atoms with Crippen molar-refractivity contribution in [1.82, 2.24) is 23.9 Å². The number of hydrogen-bond donors (Lipinski definition) is 1. The van der Waals surface area contributed by atoms with Crippen molar-refractivity contribution in [3.63, 3.8) is 0 Å². The third kappa shape index (κ3) is 3.76. The number of nitrogens with zero attached hydrogens (tertiary/aromatic N) is 7. The molecule has 1 aliphatic heterocycles. The summed E-state index contributed by atoms with van der Waals surface area (Å²) >= 11 is 0. The summed E-state index contributed by atoms with van der Waals surface area (Å²) in [6.45, 7) is 3.52. The largest absolute Gasteiger partial charge is 0.366 e. The molecule has 0 bridgehead atoms. The van der Waals surface area contributed by atoms with E-state index in [2.05, 4.69) is 10.1 Å². The zero-order valence-electron chi connectivity index (χ0n) is 19.3. The van der Waals surface area contributed by atoms with Crippen molar-refractivity contribution >= 4 is 23.6 Å². The molecule has 3 amide bonds. The fraction of sp³-hybridized carbons (Fsp3) is 0.208. The van der Waals surface area contributed by atoms with Gasteiger partial charge in [0.15, 0.2) is 0 Å². The van der Waals surface area contributed by atoms with Gasteiger partial charge in [-0.15, -0.1) is 0 Å². The van der Waals surface area contributed by atoms with E-state index in [1.54, 1.807) is 47.3 Å². The van der Waals surface area contributed by atoms with E-state index < -0.39 is 5.91 Å². The lowest BCUT2D eigenvalue weighted by atomic mass is 10.1. The summed E-state index contributed by atoms with van der Waals surface area (Å²) in [5.74, 6) is 0.00884. The second kappa shape index (κ2) is 8.60. The maximum absolute atomic E-state index is 13.3. The molecule has 11 nitrogen and oxygen atoms in total. The number of imidazole rings is 1. The molecule has 0 aliphatic carbocycles. The van der Waals surface area contributed by atoms with E-state index >= 15 is 0 Å². The molecule has 0 saturated carbocycles. The number of aromatic nitrogens is 5. The molecule has 0 spiro atoms. The third-order valence-corrected chi connectivity index (χ3v) is 6.11. The SMILES string of the molecule is CCn1c(-c2ccc(-n3cnn(C)c3=O)cc2)cnc1N1CCN(c2cccc(C(N)=O)c2)C1=O. The van der Waals surface area contributed by atoms with Gasteiger partial charge in [0.25, 0.3) is 0 Å². The second-order valence-electron chi connectivity index (χ2n) is 8.14. The molecule has 1 aliphatic rings. The Morgan fingerprint density at radius 2 is 1.77 bits per heavy atom. The van der Waals surface area contributed by atoms with Crippen LogP contribution in [0, 0.1) is 0 Å². The van der Waals surface area contributed by atoms with Gasteiger partial charge in [0.1, 0.15) is 6.33 Å². The number of carbonyl (C=O) groups excluding carboxylic acids is 2. The lowest BCUT2D eigenvalue weighted by molar-refractivity contribution is 0.1000. The molecule has 0 unspecified atom stereocenters. The van der Waals surface area contributed by atoms with Crippen LogP contribution in [0.25, 0.3) is 16.9 Å². The summed E-state index contributed by atoms with van der Waals surface area (Å²) in [5.41, 5.74) is 8.60. The molecule has 11 heteroatoms. The van der Waals surface area contributed by atoms with Gasteiger partial charge in [0, 0.05) is 37.9 Å². The average Bonchev–Trinajstić information content (AvgIpc) is 3.56. The molecule has 0 atom stereocenters. The number of urea groups is 1. The van der Waals surface area contributed by atoms with Gasteiger partial charge in [0.2, 0.25) is 11.9 Å². The van der Waals surface area contributed by atoms with E-state index in [-0.39, 0.29) is 11.7 Å². The Balaban J connectivity index is 1.43. The van der Waals surface area contributed by atoms with Gasteiger partial charge in [-0.1, -0.05) is 18.2 Å². The molecule has 5 rings (SSSR count). The van der Waals surface area contributed by atoms with Crippen molar-refractivity contribution < 1.29 is 9.59 Å². The maximum atomic E-state index is 13.3. The predicted molar refractivity (Wildman–Crippen MR) is 131 cm³/mol. The minimum Gasteiger partial charge on any atom is -0.366 e. The van der Waals surface area contributed by atoms with Gasteiger partial charge >= 0.3 is 11.7 Å². The second-order valence-corrected chi connectivity index (χ2v) is 8.14. The maximum Gasteiger partial charge on any atom is 0.350 e. The van der Waals surface area contributed by atoms with Crippen molar-refractivity contribution in [3.05, 3.63) is 77.1 Å². The Morgan fingerprint density at radius 3 is 2.43 bits per heavy atom. The first kappa shape index (κ1) is 22.1. The zero-order chi connectivity index (χ0) is 24.7. The summed E-state index contributed by atoms with van der Waals surface area (Å²) < 4.78 is 4.72. The molecule has 178 valence electrons. The number of aryl methyl sites for hydroxylation is 1. The Labute approximate surface area is 200 Å². The Bertz CT molecular complexity index is 1480. The quantitative estimate of drug-likeness (QED) is 0.460. The van der Waals surface area contributed by atoms with Crippen LogP contribution >= 0.6 is 0 Å². The number of carbonyl (C=O) groups is 2. The topological polar surface area (TPSA) is 124 Å². The fourth-order valence-corrected chi connectivity index (χ4v) is 4.27. The van der Waals surface area contributed by atoms with Gasteiger partial charge in [-0.25, -0.2) is 23.8 Å². The van der Waals surface area contributed by atoms with Crippen LogP contribution in [0.4, 0.5) is 16.4 Å². The van der Waals surface area contributed by atoms with Crippen LogP contribution in [0.3, 0.4) is 0 Å². The molecule has 2 aromatic heterocycles. The van der Waals surface area contributed by atoms with Gasteiger partial charge in [-0.2, -0.15) is 5.10 Å². The third-order valence-electron chi connectivity index (χ3n) is 6.11. The normalized spacial score (nSPS) is 13.6. The van der Waals surface area contributed by atoms with Gasteiger partial charge in [-0.3, -0.25) is 14.6 Å². The predicted octanol–water partition coefficient (Wildman–Crippen LogP) is 2.00. The Kier molecular flexibility index (Phi) is 5.44. The molecule has 4 aromatic rings. The number of nitrogens with two attached hydrogens (primary N) is 1. The average molecular weight is 473 g/mol. The Morgan fingerprint density at radius 1 is 1.03 bits per heavy atom. The molecular weight excluding hydrogens is 448 g/mol. The summed E-state index contributed by atoms with van der Waals surface area (Å²) in [5, 5.41) is 3.99. The number of primary amides is 1. The van der Waals surface area contributed by atoms with Gasteiger partial charge in [-0.05, 0) is 42.8 Å². The number of amides is 3. The van der Waals surface area contributed by atoms with Crippen LogP contribution in [0.2, 0.25) is 0 Å². The monoisotopic (exact) mass is 472 g/mol. The van der Waals surface area contributed by atoms with Crippen LogP contribution in [-0.2, 0) is 13.6 Å². The van der Waals surface area contributed by atoms with E-state index in [0.717, 1.165) is 11.3 Å². The lowest BCUT2D eigenvalue weighted by Gasteiger charge is -2.20. The standard InChI is InChI=1S/C24H24N8O3/c1-3-29-20(16-7-9-18(10-8-16)32-15-27-28(2)23(32)34)14-26-22(29)31-12-11-30(24(31)35)19-6-4-5-17(13-19)21(25)33/h4-10,13-15H,3,11-12H2,1-2H3,(H2,25,33). The van der Waals surface area contributed by atoms with E-state index in [9.17, 15) is 14.4 Å². The highest BCUT2D eigenvalue weighted by molar-refractivity contribution is 6.06. The molecule has 0 radical (unpaired) electrons. The smallest absolute Gasteiger partial charge is 0.350 e. The highest BCUT2D eigenvalue weighted by Crippen LogP contribution is 2.30. The van der Waals surface area contributed by atoms with E-state index in [0.29, 0.717) is 42.5 Å². The van der Waals surface area contributed by atoms with Crippen molar-refractivity contribution in [2.75, 3.05) is 22.9 Å². The number of anilines is 2. The molecule has 2 N–H and O–H groups in total. The minimum atomic E-state index is -0.541. The van der Waals surface area contributed by atoms with Crippen molar-refractivity contribution in [2.45, 2.75) is 13.5 Å². The first-order valence-electron chi connectivity index (χ1n) is 11.1. The minimum absolute atomic E-state index is 0.218. The molecule has 1 fully saturated rings. The van der Waals surface area contributed by atoms with Crippen molar-refractivity contribution in [2.24, 2.45) is 12.8 Å². The fourth-order valence-electron chi connectivity index (χ4n) is 4.27. The zero-order valence-corrected chi connectivity index (χ0v) is 19.3. The number of hydrogen-bond acceptors (Lipinski definition) is 5. The Hall–Kier alpha value is -4.67. The molecule has 3 heterocycles. The summed E-state index contributed by atoms with van der Waals surface area (Å²) in [4.78, 5) is 44.8. The van der Waals surface area contributed by atoms with Crippen LogP contribution in [-0.4, -0.2) is 48.9 Å². The molecule has 1 saturated heterocycles. The summed E-state index contributed by atoms with van der Waals surface area (Å²) in [6.07, 6.45) is 3.23. The lowest BCUT2D eigenvalue weighted by Crippen LogP contribution is -2.33. The van der Waals surface area contributed by atoms with Crippen LogP contribution in [0.5, 0.6) is 0 Å². The summed E-state index contributed by atoms with van der Waals surface area (Å²) in [7, 11) is 1.60. The first-order chi connectivity index (χ1) is 16.9. The number of benzene rings is 2.